The van der Waals surface area contributed by atoms with Gasteiger partial charge in [0, 0.05) is 33.2 Å². The lowest BCUT2D eigenvalue weighted by atomic mass is 9.82. The number of furan rings is 1. The number of hydrogen-bond donors (Lipinski definition) is 0. The lowest BCUT2D eigenvalue weighted by molar-refractivity contribution is 0.660. The van der Waals surface area contributed by atoms with Crippen LogP contribution in [0.25, 0.3) is 76.5 Å². The summed E-state index contributed by atoms with van der Waals surface area (Å²) in [6.07, 6.45) is 0. The van der Waals surface area contributed by atoms with Gasteiger partial charge < -0.3 is 9.32 Å². The molecular weight excluding hydrogens is 643 g/mol. The van der Waals surface area contributed by atoms with Gasteiger partial charge in [0.15, 0.2) is 0 Å². The Morgan fingerprint density at radius 3 is 1.85 bits per heavy atom. The van der Waals surface area contributed by atoms with Gasteiger partial charge in [-0.05, 0) is 120 Å². The maximum absolute atomic E-state index is 6.25. The summed E-state index contributed by atoms with van der Waals surface area (Å²) >= 11 is 0. The van der Waals surface area contributed by atoms with Crippen molar-refractivity contribution < 1.29 is 4.42 Å². The summed E-state index contributed by atoms with van der Waals surface area (Å²) in [6.45, 7) is 4.69. The number of anilines is 3. The van der Waals surface area contributed by atoms with E-state index in [0.717, 1.165) is 39.0 Å². The summed E-state index contributed by atoms with van der Waals surface area (Å²) < 4.78 is 6.25. The van der Waals surface area contributed by atoms with Crippen LogP contribution < -0.4 is 4.90 Å². The van der Waals surface area contributed by atoms with Crippen LogP contribution in [0.3, 0.4) is 0 Å². The molecule has 0 bridgehead atoms. The van der Waals surface area contributed by atoms with E-state index in [9.17, 15) is 0 Å². The second-order valence-corrected chi connectivity index (χ2v) is 14.9. The van der Waals surface area contributed by atoms with Crippen LogP contribution in [0.1, 0.15) is 25.0 Å². The van der Waals surface area contributed by atoms with Crippen molar-refractivity contribution in [3.63, 3.8) is 0 Å². The molecule has 0 amide bonds. The molecule has 1 aliphatic rings. The van der Waals surface area contributed by atoms with Crippen molar-refractivity contribution in [2.75, 3.05) is 4.90 Å². The van der Waals surface area contributed by atoms with Crippen molar-refractivity contribution in [3.8, 4) is 22.3 Å². The highest BCUT2D eigenvalue weighted by Gasteiger charge is 2.35. The highest BCUT2D eigenvalue weighted by Crippen LogP contribution is 2.51. The molecule has 0 fully saturated rings. The van der Waals surface area contributed by atoms with E-state index in [-0.39, 0.29) is 5.41 Å². The largest absolute Gasteiger partial charge is 0.456 e. The fourth-order valence-electron chi connectivity index (χ4n) is 8.93. The number of para-hydroxylation sites is 1. The zero-order chi connectivity index (χ0) is 35.3. The Hall–Kier alpha value is -6.64. The molecule has 1 aromatic heterocycles. The Labute approximate surface area is 308 Å². The third-order valence-corrected chi connectivity index (χ3v) is 11.6. The van der Waals surface area contributed by atoms with Gasteiger partial charge in [0.1, 0.15) is 11.2 Å². The van der Waals surface area contributed by atoms with Crippen LogP contribution in [-0.2, 0) is 5.41 Å². The van der Waals surface area contributed by atoms with Crippen molar-refractivity contribution in [1.82, 2.24) is 0 Å². The Morgan fingerprint density at radius 1 is 0.377 bits per heavy atom. The molecule has 10 aromatic rings. The summed E-state index contributed by atoms with van der Waals surface area (Å²) in [4.78, 5) is 2.39. The summed E-state index contributed by atoms with van der Waals surface area (Å²) in [5.74, 6) is 0. The van der Waals surface area contributed by atoms with Crippen LogP contribution >= 0.6 is 0 Å². The molecule has 0 unspecified atom stereocenters. The topological polar surface area (TPSA) is 16.4 Å². The molecule has 0 saturated heterocycles. The van der Waals surface area contributed by atoms with Gasteiger partial charge in [-0.15, -0.1) is 0 Å². The number of fused-ring (bicyclic) bond motifs is 11. The highest BCUT2D eigenvalue weighted by atomic mass is 16.3. The average Bonchev–Trinajstić information content (AvgIpc) is 3.69. The zero-order valence-electron chi connectivity index (χ0n) is 29.6. The van der Waals surface area contributed by atoms with Crippen LogP contribution in [0.5, 0.6) is 0 Å². The minimum atomic E-state index is -0.102. The standard InChI is InChI=1S/C51H35NO/c1-51(2)47-13-7-5-11-42(47)43-27-23-38(31-48(43)51)52(37-24-28-50-46(30-37)44-12-6-8-14-49(44)53-50)36-21-17-32(18-22-36)35-16-15-34-20-25-40-39-10-4-3-9-33(39)19-26-41(40)45(34)29-35/h3-31H,1-2H3. The first-order chi connectivity index (χ1) is 26.0. The van der Waals surface area contributed by atoms with Gasteiger partial charge in [0.25, 0.3) is 0 Å². The predicted molar refractivity (Wildman–Crippen MR) is 224 cm³/mol. The molecule has 1 aliphatic carbocycles. The van der Waals surface area contributed by atoms with Crippen LogP contribution in [-0.4, -0.2) is 0 Å². The normalized spacial score (nSPS) is 13.2. The van der Waals surface area contributed by atoms with Gasteiger partial charge in [-0.3, -0.25) is 0 Å². The first-order valence-corrected chi connectivity index (χ1v) is 18.4. The van der Waals surface area contributed by atoms with Gasteiger partial charge >= 0.3 is 0 Å². The summed E-state index contributed by atoms with van der Waals surface area (Å²) in [6, 6.07) is 64.4. The first-order valence-electron chi connectivity index (χ1n) is 18.4. The second kappa shape index (κ2) is 11.2. The van der Waals surface area contributed by atoms with Crippen molar-refractivity contribution in [2.24, 2.45) is 0 Å². The molecule has 1 heterocycles. The lowest BCUT2D eigenvalue weighted by Gasteiger charge is -2.28. The van der Waals surface area contributed by atoms with E-state index in [4.69, 9.17) is 4.42 Å². The van der Waals surface area contributed by atoms with Gasteiger partial charge in [-0.25, -0.2) is 0 Å². The fraction of sp³-hybridized carbons (Fsp3) is 0.0588. The van der Waals surface area contributed by atoms with Gasteiger partial charge in [0.05, 0.1) is 0 Å². The second-order valence-electron chi connectivity index (χ2n) is 14.9. The van der Waals surface area contributed by atoms with Crippen LogP contribution in [0.4, 0.5) is 17.1 Å². The molecule has 0 N–H and O–H groups in total. The summed E-state index contributed by atoms with van der Waals surface area (Å²) in [5.41, 5.74) is 12.8. The summed E-state index contributed by atoms with van der Waals surface area (Å²) in [5, 5.41) is 9.92. The molecule has 0 radical (unpaired) electrons. The Kier molecular flexibility index (Phi) is 6.33. The third kappa shape index (κ3) is 4.52. The Morgan fingerprint density at radius 2 is 0.981 bits per heavy atom. The molecule has 9 aromatic carbocycles. The van der Waals surface area contributed by atoms with E-state index in [1.807, 2.05) is 12.1 Å². The van der Waals surface area contributed by atoms with E-state index >= 15 is 0 Å². The summed E-state index contributed by atoms with van der Waals surface area (Å²) in [7, 11) is 0. The molecular formula is C51H35NO. The van der Waals surface area contributed by atoms with E-state index in [1.165, 1.54) is 65.7 Å². The van der Waals surface area contributed by atoms with Crippen molar-refractivity contribution in [3.05, 3.63) is 187 Å². The van der Waals surface area contributed by atoms with Gasteiger partial charge in [0.2, 0.25) is 0 Å². The average molecular weight is 678 g/mol. The van der Waals surface area contributed by atoms with Crippen molar-refractivity contribution in [2.45, 2.75) is 19.3 Å². The maximum atomic E-state index is 6.25. The van der Waals surface area contributed by atoms with E-state index in [1.54, 1.807) is 0 Å². The van der Waals surface area contributed by atoms with Crippen LogP contribution in [0.2, 0.25) is 0 Å². The fourth-order valence-corrected chi connectivity index (χ4v) is 8.93. The molecule has 2 heteroatoms. The number of hydrogen-bond acceptors (Lipinski definition) is 2. The lowest BCUT2D eigenvalue weighted by Crippen LogP contribution is -2.16. The molecule has 0 saturated carbocycles. The Balaban J connectivity index is 1.05. The number of rotatable bonds is 4. The predicted octanol–water partition coefficient (Wildman–Crippen LogP) is 14.5. The minimum Gasteiger partial charge on any atom is -0.456 e. The quantitative estimate of drug-likeness (QED) is 0.172. The molecule has 0 atom stereocenters. The smallest absolute Gasteiger partial charge is 0.135 e. The molecule has 0 aliphatic heterocycles. The minimum absolute atomic E-state index is 0.102. The highest BCUT2D eigenvalue weighted by molar-refractivity contribution is 6.17. The van der Waals surface area contributed by atoms with Gasteiger partial charge in [-0.1, -0.05) is 135 Å². The third-order valence-electron chi connectivity index (χ3n) is 11.6. The van der Waals surface area contributed by atoms with Crippen molar-refractivity contribution in [1.29, 1.82) is 0 Å². The first kappa shape index (κ1) is 30.0. The molecule has 2 nitrogen and oxygen atoms in total. The number of benzene rings is 9. The zero-order valence-corrected chi connectivity index (χ0v) is 29.6. The van der Waals surface area contributed by atoms with Crippen LogP contribution in [0.15, 0.2) is 180 Å². The molecule has 250 valence electrons. The van der Waals surface area contributed by atoms with E-state index in [0.29, 0.717) is 0 Å². The molecule has 0 spiro atoms. The SMILES string of the molecule is CC1(C)c2ccccc2-c2ccc(N(c3ccc(-c4ccc5ccc6c7ccccc7ccc6c5c4)cc3)c3ccc4oc5ccccc5c4c3)cc21. The molecule has 53 heavy (non-hydrogen) atoms. The van der Waals surface area contributed by atoms with E-state index in [2.05, 4.69) is 183 Å². The monoisotopic (exact) mass is 677 g/mol. The maximum Gasteiger partial charge on any atom is 0.135 e. The van der Waals surface area contributed by atoms with Crippen LogP contribution in [0, 0.1) is 0 Å². The number of nitrogens with zero attached hydrogens (tertiary/aromatic N) is 1. The van der Waals surface area contributed by atoms with Crippen molar-refractivity contribution >= 4 is 71.3 Å². The molecule has 11 rings (SSSR count). The van der Waals surface area contributed by atoms with E-state index < -0.39 is 0 Å². The van der Waals surface area contributed by atoms with Gasteiger partial charge in [-0.2, -0.15) is 0 Å². The Bertz CT molecular complexity index is 3090.